The molecule has 0 aliphatic carbocycles. The summed E-state index contributed by atoms with van der Waals surface area (Å²) in [5.74, 6) is -0.447. The van der Waals surface area contributed by atoms with E-state index < -0.39 is 5.97 Å². The van der Waals surface area contributed by atoms with Crippen molar-refractivity contribution in [2.24, 2.45) is 0 Å². The summed E-state index contributed by atoms with van der Waals surface area (Å²) in [5.41, 5.74) is 0.895. The number of hydrogen-bond acceptors (Lipinski definition) is 4. The summed E-state index contributed by atoms with van der Waals surface area (Å²) >= 11 is 0. The van der Waals surface area contributed by atoms with Crippen molar-refractivity contribution in [3.05, 3.63) is 36.8 Å². The zero-order valence-corrected chi connectivity index (χ0v) is 15.2. The predicted molar refractivity (Wildman–Crippen MR) is 76.3 cm³/mol. The summed E-state index contributed by atoms with van der Waals surface area (Å²) in [7, 11) is 0. The molecule has 1 heterocycles. The van der Waals surface area contributed by atoms with Gasteiger partial charge in [0.05, 0.1) is 6.54 Å². The smallest absolute Gasteiger partial charge is 0.341 e. The van der Waals surface area contributed by atoms with Crippen LogP contribution in [0, 0.1) is 6.92 Å². The van der Waals surface area contributed by atoms with Gasteiger partial charge in [-0.1, -0.05) is 12.1 Å². The monoisotopic (exact) mass is 475 g/mol. The van der Waals surface area contributed by atoms with Crippen LogP contribution < -0.4 is 4.74 Å². The van der Waals surface area contributed by atoms with Gasteiger partial charge in [-0.25, -0.2) is 9.80 Å². The van der Waals surface area contributed by atoms with Crippen molar-refractivity contribution in [1.82, 2.24) is 10.0 Å². The Balaban J connectivity index is 0.00000242. The van der Waals surface area contributed by atoms with Gasteiger partial charge >= 0.3 is 5.97 Å². The molecule has 1 amide bonds. The molecule has 0 saturated carbocycles. The molecular weight excluding hydrogens is 456 g/mol. The fraction of sp³-hybridized carbons (Fsp3) is 0.400. The quantitative estimate of drug-likeness (QED) is 0.629. The molecule has 6 nitrogen and oxygen atoms in total. The third kappa shape index (κ3) is 5.11. The summed E-state index contributed by atoms with van der Waals surface area (Å²) in [6.45, 7) is 5.28. The molecule has 1 aromatic carbocycles. The molecule has 1 fully saturated rings. The number of benzene rings is 1. The van der Waals surface area contributed by atoms with Gasteiger partial charge in [-0.05, 0) is 24.1 Å². The number of hydrogen-bond donors (Lipinski definition) is 1. The molecule has 0 radical (unpaired) electrons. The van der Waals surface area contributed by atoms with Crippen LogP contribution in [0.15, 0.2) is 24.3 Å². The van der Waals surface area contributed by atoms with Gasteiger partial charge in [-0.15, -0.1) is 6.54 Å². The Bertz CT molecular complexity index is 524. The number of carbonyl (C=O) groups excluding carboxylic acids is 1. The number of hydrazine groups is 1. The molecular formula is C15H19N2O4W-. The Kier molecular flexibility index (Phi) is 7.55. The van der Waals surface area contributed by atoms with E-state index in [9.17, 15) is 9.59 Å². The van der Waals surface area contributed by atoms with Gasteiger partial charge in [-0.3, -0.25) is 9.80 Å². The molecule has 0 aromatic heterocycles. The molecule has 1 aliphatic rings. The van der Waals surface area contributed by atoms with E-state index in [-0.39, 0.29) is 33.6 Å². The average molecular weight is 475 g/mol. The van der Waals surface area contributed by atoms with Gasteiger partial charge in [0.1, 0.15) is 5.75 Å². The minimum absolute atomic E-state index is 0. The minimum atomic E-state index is -1.02. The maximum Gasteiger partial charge on any atom is 0.341 e. The molecule has 0 unspecified atom stereocenters. The fourth-order valence-electron chi connectivity index (χ4n) is 2.29. The number of nitrogens with zero attached hydrogens (tertiary/aromatic N) is 2. The van der Waals surface area contributed by atoms with Gasteiger partial charge in [0.15, 0.2) is 6.61 Å². The maximum atomic E-state index is 12.0. The molecule has 22 heavy (non-hydrogen) atoms. The summed E-state index contributed by atoms with van der Waals surface area (Å²) in [6.07, 6.45) is 1.40. The molecule has 0 atom stereocenters. The van der Waals surface area contributed by atoms with Crippen LogP contribution in [0.1, 0.15) is 18.4 Å². The Morgan fingerprint density at radius 2 is 2.18 bits per heavy atom. The molecule has 1 N–H and O–H groups in total. The van der Waals surface area contributed by atoms with Gasteiger partial charge in [0.25, 0.3) is 0 Å². The second-order valence-electron chi connectivity index (χ2n) is 4.84. The van der Waals surface area contributed by atoms with Crippen molar-refractivity contribution in [2.75, 3.05) is 19.7 Å². The molecule has 1 aromatic rings. The van der Waals surface area contributed by atoms with E-state index >= 15 is 0 Å². The maximum absolute atomic E-state index is 12.0. The van der Waals surface area contributed by atoms with E-state index in [1.54, 1.807) is 23.2 Å². The number of carboxylic acid groups (broad SMARTS) is 1. The summed E-state index contributed by atoms with van der Waals surface area (Å²) in [5, 5.41) is 12.2. The van der Waals surface area contributed by atoms with Gasteiger partial charge < -0.3 is 16.8 Å². The van der Waals surface area contributed by atoms with Gasteiger partial charge in [-0.2, -0.15) is 0 Å². The van der Waals surface area contributed by atoms with Crippen LogP contribution in [0.3, 0.4) is 0 Å². The molecule has 1 saturated heterocycles. The second kappa shape index (κ2) is 8.91. The number of rotatable bonds is 6. The number of amides is 1. The van der Waals surface area contributed by atoms with Crippen LogP contribution in [-0.2, 0) is 37.2 Å². The van der Waals surface area contributed by atoms with Crippen molar-refractivity contribution in [1.29, 1.82) is 0 Å². The van der Waals surface area contributed by atoms with Crippen LogP contribution in [-0.4, -0.2) is 46.7 Å². The Morgan fingerprint density at radius 3 is 2.86 bits per heavy atom. The standard InChI is InChI=1S/C15H19N2O4.W/c1-2-16-8-4-7-14(18)17(16)10-12-5-3-6-13(9-12)21-11-15(19)20;/h3,5-6,9H,1-2,4,7-8,10-11H2,(H,19,20);/q-1;. The van der Waals surface area contributed by atoms with Crippen LogP contribution in [0.2, 0.25) is 0 Å². The van der Waals surface area contributed by atoms with Gasteiger partial charge in [0, 0.05) is 34.0 Å². The van der Waals surface area contributed by atoms with E-state index in [0.717, 1.165) is 18.5 Å². The van der Waals surface area contributed by atoms with Crippen LogP contribution in [0.5, 0.6) is 5.75 Å². The largest absolute Gasteiger partial charge is 0.482 e. The van der Waals surface area contributed by atoms with Crippen molar-refractivity contribution < 1.29 is 40.5 Å². The average Bonchev–Trinajstić information content (AvgIpc) is 2.47. The molecule has 0 spiro atoms. The first-order valence-electron chi connectivity index (χ1n) is 6.88. The first kappa shape index (κ1) is 18.7. The van der Waals surface area contributed by atoms with E-state index in [1.807, 2.05) is 11.1 Å². The van der Waals surface area contributed by atoms with E-state index in [2.05, 4.69) is 6.92 Å². The van der Waals surface area contributed by atoms with Crippen LogP contribution >= 0.6 is 0 Å². The van der Waals surface area contributed by atoms with Crippen molar-refractivity contribution >= 4 is 11.9 Å². The molecule has 120 valence electrons. The van der Waals surface area contributed by atoms with Crippen molar-refractivity contribution in [2.45, 2.75) is 19.4 Å². The number of ether oxygens (including phenoxy) is 1. The minimum Gasteiger partial charge on any atom is -0.482 e. The van der Waals surface area contributed by atoms with E-state index in [4.69, 9.17) is 9.84 Å². The summed E-state index contributed by atoms with van der Waals surface area (Å²) in [6, 6.07) is 7.13. The zero-order valence-electron chi connectivity index (χ0n) is 12.2. The first-order chi connectivity index (χ1) is 10.1. The normalized spacial score (nSPS) is 15.3. The number of carbonyl (C=O) groups is 2. The van der Waals surface area contributed by atoms with Gasteiger partial charge in [0.2, 0.25) is 5.91 Å². The number of aliphatic carboxylic acids is 1. The fourth-order valence-corrected chi connectivity index (χ4v) is 2.29. The Hall–Kier alpha value is -1.39. The third-order valence-corrected chi connectivity index (χ3v) is 3.29. The van der Waals surface area contributed by atoms with Crippen LogP contribution in [0.25, 0.3) is 0 Å². The Morgan fingerprint density at radius 1 is 1.41 bits per heavy atom. The van der Waals surface area contributed by atoms with E-state index in [0.29, 0.717) is 25.3 Å². The van der Waals surface area contributed by atoms with Crippen molar-refractivity contribution in [3.8, 4) is 5.75 Å². The summed E-state index contributed by atoms with van der Waals surface area (Å²) < 4.78 is 5.15. The SMILES string of the molecule is [CH2-]CN1CCCC(=O)N1Cc1cccc(OCC(=O)O)c1.[W]. The second-order valence-corrected chi connectivity index (χ2v) is 4.84. The molecule has 1 aliphatic heterocycles. The molecule has 0 bridgehead atoms. The predicted octanol–water partition coefficient (Wildman–Crippen LogP) is 1.32. The third-order valence-electron chi connectivity index (χ3n) is 3.29. The van der Waals surface area contributed by atoms with E-state index in [1.165, 1.54) is 0 Å². The molecule has 7 heteroatoms. The first-order valence-corrected chi connectivity index (χ1v) is 6.88. The van der Waals surface area contributed by atoms with Crippen LogP contribution in [0.4, 0.5) is 0 Å². The molecule has 2 rings (SSSR count). The van der Waals surface area contributed by atoms with Crippen molar-refractivity contribution in [3.63, 3.8) is 0 Å². The summed E-state index contributed by atoms with van der Waals surface area (Å²) in [4.78, 5) is 22.5. The number of carboxylic acids is 1. The Labute approximate surface area is 144 Å². The topological polar surface area (TPSA) is 70.1 Å². The zero-order chi connectivity index (χ0) is 15.2.